The van der Waals surface area contributed by atoms with Crippen LogP contribution in [0, 0.1) is 17.8 Å². The predicted molar refractivity (Wildman–Crippen MR) is 113 cm³/mol. The lowest BCUT2D eigenvalue weighted by atomic mass is 9.53. The Hall–Kier alpha value is -2.30. The average Bonchev–Trinajstić information content (AvgIpc) is 3.39. The Morgan fingerprint density at radius 2 is 1.73 bits per heavy atom. The van der Waals surface area contributed by atoms with E-state index in [9.17, 15) is 4.79 Å². The molecule has 0 spiro atoms. The fourth-order valence-corrected chi connectivity index (χ4v) is 7.01. The molecule has 5 saturated carbocycles. The molecule has 30 heavy (non-hydrogen) atoms. The highest BCUT2D eigenvalue weighted by Crippen LogP contribution is 2.55. The second-order valence-corrected chi connectivity index (χ2v) is 10.3. The van der Waals surface area contributed by atoms with Gasteiger partial charge in [0.05, 0.1) is 6.10 Å². The van der Waals surface area contributed by atoms with Crippen molar-refractivity contribution in [3.05, 3.63) is 36.0 Å². The maximum Gasteiger partial charge on any atom is 0.273 e. The van der Waals surface area contributed by atoms with Crippen molar-refractivity contribution >= 4 is 5.91 Å². The van der Waals surface area contributed by atoms with Crippen molar-refractivity contribution in [2.24, 2.45) is 17.8 Å². The Kier molecular flexibility index (Phi) is 4.39. The summed E-state index contributed by atoms with van der Waals surface area (Å²) in [4.78, 5) is 13.0. The summed E-state index contributed by atoms with van der Waals surface area (Å²) < 4.78 is 11.7. The van der Waals surface area contributed by atoms with Crippen molar-refractivity contribution in [1.82, 2.24) is 10.5 Å². The lowest BCUT2D eigenvalue weighted by Gasteiger charge is -2.56. The number of nitrogens with zero attached hydrogens (tertiary/aromatic N) is 1. The SMILES string of the molecule is O=C(NC12CC3CC(CC(C3)C1)C2)c1cc(-c2cccc(OC3CCCC3)c2)on1. The third-order valence-electron chi connectivity index (χ3n) is 7.88. The summed E-state index contributed by atoms with van der Waals surface area (Å²) in [5, 5.41) is 7.47. The monoisotopic (exact) mass is 406 g/mol. The van der Waals surface area contributed by atoms with Crippen LogP contribution in [0.4, 0.5) is 0 Å². The zero-order chi connectivity index (χ0) is 20.1. The van der Waals surface area contributed by atoms with Crippen LogP contribution in [0.1, 0.15) is 74.7 Å². The first-order valence-electron chi connectivity index (χ1n) is 11.7. The van der Waals surface area contributed by atoms with Crippen molar-refractivity contribution in [2.75, 3.05) is 0 Å². The van der Waals surface area contributed by atoms with E-state index in [1.165, 1.54) is 32.1 Å². The molecule has 1 aromatic heterocycles. The van der Waals surface area contributed by atoms with Crippen LogP contribution in [0.25, 0.3) is 11.3 Å². The number of benzene rings is 1. The number of hydrogen-bond acceptors (Lipinski definition) is 4. The average molecular weight is 407 g/mol. The molecule has 0 unspecified atom stereocenters. The first kappa shape index (κ1) is 18.5. The van der Waals surface area contributed by atoms with Crippen LogP contribution < -0.4 is 10.1 Å². The minimum absolute atomic E-state index is 0.0139. The van der Waals surface area contributed by atoms with E-state index in [4.69, 9.17) is 9.26 Å². The van der Waals surface area contributed by atoms with Gasteiger partial charge in [-0.3, -0.25) is 4.79 Å². The Morgan fingerprint density at radius 3 is 2.43 bits per heavy atom. The fourth-order valence-electron chi connectivity index (χ4n) is 7.01. The third-order valence-corrected chi connectivity index (χ3v) is 7.88. The van der Waals surface area contributed by atoms with Crippen molar-refractivity contribution < 1.29 is 14.1 Å². The lowest BCUT2D eigenvalue weighted by Crippen LogP contribution is -2.59. The van der Waals surface area contributed by atoms with Gasteiger partial charge in [-0.1, -0.05) is 17.3 Å². The molecule has 0 atom stereocenters. The molecule has 1 heterocycles. The molecule has 5 aliphatic carbocycles. The topological polar surface area (TPSA) is 64.4 Å². The van der Waals surface area contributed by atoms with Gasteiger partial charge in [-0.15, -0.1) is 0 Å². The van der Waals surface area contributed by atoms with Crippen LogP contribution in [0.15, 0.2) is 34.9 Å². The molecule has 1 amide bonds. The van der Waals surface area contributed by atoms with Crippen molar-refractivity contribution in [3.8, 4) is 17.1 Å². The Labute approximate surface area is 177 Å². The Bertz CT molecular complexity index is 908. The molecule has 0 saturated heterocycles. The van der Waals surface area contributed by atoms with Gasteiger partial charge in [0, 0.05) is 17.2 Å². The third kappa shape index (κ3) is 3.42. The van der Waals surface area contributed by atoms with Gasteiger partial charge >= 0.3 is 0 Å². The molecule has 1 aromatic carbocycles. The number of nitrogens with one attached hydrogen (secondary N) is 1. The molecule has 7 rings (SSSR count). The zero-order valence-corrected chi connectivity index (χ0v) is 17.4. The van der Waals surface area contributed by atoms with E-state index in [2.05, 4.69) is 10.5 Å². The quantitative estimate of drug-likeness (QED) is 0.726. The Balaban J connectivity index is 1.16. The van der Waals surface area contributed by atoms with Gasteiger partial charge in [-0.25, -0.2) is 0 Å². The van der Waals surface area contributed by atoms with Crippen LogP contribution in [-0.4, -0.2) is 22.7 Å². The second kappa shape index (κ2) is 7.14. The highest BCUT2D eigenvalue weighted by Gasteiger charge is 2.51. The largest absolute Gasteiger partial charge is 0.490 e. The van der Waals surface area contributed by atoms with Crippen LogP contribution in [-0.2, 0) is 0 Å². The molecule has 158 valence electrons. The highest BCUT2D eigenvalue weighted by molar-refractivity contribution is 5.93. The van der Waals surface area contributed by atoms with E-state index in [0.29, 0.717) is 17.6 Å². The standard InChI is InChI=1S/C25H30N2O3/c28-24(26-25-13-16-8-17(14-25)10-18(9-16)15-25)22-12-23(30-27-22)19-4-3-7-21(11-19)29-20-5-1-2-6-20/h3-4,7,11-12,16-18,20H,1-2,5-6,8-10,13-15H2,(H,26,28). The number of hydrogen-bond donors (Lipinski definition) is 1. The number of aromatic nitrogens is 1. The first-order chi connectivity index (χ1) is 14.6. The van der Waals surface area contributed by atoms with Gasteiger partial charge in [0.15, 0.2) is 11.5 Å². The normalized spacial score (nSPS) is 32.5. The minimum atomic E-state index is -0.0923. The molecule has 5 nitrogen and oxygen atoms in total. The molecule has 5 heteroatoms. The molecule has 2 aromatic rings. The number of carbonyl (C=O) groups excluding carboxylic acids is 1. The summed E-state index contributed by atoms with van der Waals surface area (Å²) in [6.07, 6.45) is 12.6. The number of rotatable bonds is 5. The molecule has 5 fully saturated rings. The number of carbonyl (C=O) groups is 1. The van der Waals surface area contributed by atoms with E-state index < -0.39 is 0 Å². The molecular formula is C25H30N2O3. The van der Waals surface area contributed by atoms with E-state index >= 15 is 0 Å². The predicted octanol–water partition coefficient (Wildman–Crippen LogP) is 5.36. The number of amides is 1. The molecular weight excluding hydrogens is 376 g/mol. The van der Waals surface area contributed by atoms with Crippen molar-refractivity contribution in [1.29, 1.82) is 0 Å². The smallest absolute Gasteiger partial charge is 0.273 e. The Morgan fingerprint density at radius 1 is 1.03 bits per heavy atom. The maximum absolute atomic E-state index is 13.0. The van der Waals surface area contributed by atoms with Gasteiger partial charge in [0.2, 0.25) is 0 Å². The lowest BCUT2D eigenvalue weighted by molar-refractivity contribution is -0.0168. The van der Waals surface area contributed by atoms with Crippen LogP contribution in [0.2, 0.25) is 0 Å². The van der Waals surface area contributed by atoms with Gasteiger partial charge < -0.3 is 14.6 Å². The molecule has 1 N–H and O–H groups in total. The van der Waals surface area contributed by atoms with Gasteiger partial charge in [-0.05, 0) is 94.1 Å². The van der Waals surface area contributed by atoms with E-state index in [-0.39, 0.29) is 11.4 Å². The van der Waals surface area contributed by atoms with Gasteiger partial charge in [0.1, 0.15) is 5.75 Å². The number of ether oxygens (including phenoxy) is 1. The fraction of sp³-hybridized carbons (Fsp3) is 0.600. The molecule has 0 aliphatic heterocycles. The summed E-state index contributed by atoms with van der Waals surface area (Å²) in [5.74, 6) is 3.77. The van der Waals surface area contributed by atoms with Crippen molar-refractivity contribution in [3.63, 3.8) is 0 Å². The summed E-state index contributed by atoms with van der Waals surface area (Å²) in [6, 6.07) is 9.68. The van der Waals surface area contributed by atoms with Gasteiger partial charge in [0.25, 0.3) is 5.91 Å². The van der Waals surface area contributed by atoms with E-state index in [0.717, 1.165) is 61.2 Å². The summed E-state index contributed by atoms with van der Waals surface area (Å²) >= 11 is 0. The van der Waals surface area contributed by atoms with Crippen molar-refractivity contribution in [2.45, 2.75) is 75.9 Å². The first-order valence-corrected chi connectivity index (χ1v) is 11.7. The van der Waals surface area contributed by atoms with Crippen LogP contribution in [0.3, 0.4) is 0 Å². The molecule has 4 bridgehead atoms. The maximum atomic E-state index is 13.0. The van der Waals surface area contributed by atoms with E-state index in [1.807, 2.05) is 24.3 Å². The van der Waals surface area contributed by atoms with Gasteiger partial charge in [-0.2, -0.15) is 0 Å². The zero-order valence-electron chi connectivity index (χ0n) is 17.4. The van der Waals surface area contributed by atoms with E-state index in [1.54, 1.807) is 6.07 Å². The highest BCUT2D eigenvalue weighted by atomic mass is 16.5. The van der Waals surface area contributed by atoms with Crippen LogP contribution >= 0.6 is 0 Å². The second-order valence-electron chi connectivity index (χ2n) is 10.3. The molecule has 5 aliphatic rings. The minimum Gasteiger partial charge on any atom is -0.490 e. The molecule has 0 radical (unpaired) electrons. The summed E-state index contributed by atoms with van der Waals surface area (Å²) in [6.45, 7) is 0. The summed E-state index contributed by atoms with van der Waals surface area (Å²) in [7, 11) is 0. The summed E-state index contributed by atoms with van der Waals surface area (Å²) in [5.41, 5.74) is 1.26. The van der Waals surface area contributed by atoms with Crippen LogP contribution in [0.5, 0.6) is 5.75 Å².